The summed E-state index contributed by atoms with van der Waals surface area (Å²) in [5.74, 6) is 4.69. The Hall–Kier alpha value is -2.20. The summed E-state index contributed by atoms with van der Waals surface area (Å²) in [7, 11) is 0. The van der Waals surface area contributed by atoms with Gasteiger partial charge in [-0.15, -0.1) is 0 Å². The first-order chi connectivity index (χ1) is 15.1. The van der Waals surface area contributed by atoms with Crippen molar-refractivity contribution in [2.75, 3.05) is 6.54 Å². The van der Waals surface area contributed by atoms with Gasteiger partial charge in [-0.25, -0.2) is 0 Å². The van der Waals surface area contributed by atoms with Crippen LogP contribution < -0.4 is 11.1 Å². The van der Waals surface area contributed by atoms with Crippen molar-refractivity contribution in [2.24, 2.45) is 35.3 Å². The van der Waals surface area contributed by atoms with Gasteiger partial charge < -0.3 is 11.1 Å². The van der Waals surface area contributed by atoms with Crippen LogP contribution in [0.1, 0.15) is 66.4 Å². The molecule has 164 valence electrons. The first kappa shape index (κ1) is 20.7. The van der Waals surface area contributed by atoms with Gasteiger partial charge in [-0.3, -0.25) is 9.78 Å². The molecule has 3 fully saturated rings. The monoisotopic (exact) mass is 417 g/mol. The van der Waals surface area contributed by atoms with E-state index in [0.717, 1.165) is 59.5 Å². The summed E-state index contributed by atoms with van der Waals surface area (Å²) < 4.78 is 0. The van der Waals surface area contributed by atoms with E-state index in [2.05, 4.69) is 18.3 Å². The second kappa shape index (κ2) is 8.74. The Morgan fingerprint density at radius 2 is 2.00 bits per heavy atom. The molecular formula is C27H35N3O. The van der Waals surface area contributed by atoms with Crippen LogP contribution in [0.4, 0.5) is 0 Å². The van der Waals surface area contributed by atoms with E-state index in [9.17, 15) is 4.79 Å². The van der Waals surface area contributed by atoms with Crippen LogP contribution >= 0.6 is 0 Å². The Bertz CT molecular complexity index is 955. The summed E-state index contributed by atoms with van der Waals surface area (Å²) >= 11 is 0. The van der Waals surface area contributed by atoms with Gasteiger partial charge >= 0.3 is 0 Å². The molecule has 3 N–H and O–H groups in total. The number of aryl methyl sites for hydroxylation is 1. The van der Waals surface area contributed by atoms with Gasteiger partial charge in [0, 0.05) is 23.9 Å². The lowest BCUT2D eigenvalue weighted by atomic mass is 9.80. The highest BCUT2D eigenvalue weighted by atomic mass is 16.1. The SMILES string of the molecule is Cc1cc(CNCCC2CCC3CC4CC(C3)C2C4)cnc1-c1cccc(C(N)=O)c1. The van der Waals surface area contributed by atoms with Crippen LogP contribution in [-0.2, 0) is 6.54 Å². The predicted molar refractivity (Wildman–Crippen MR) is 124 cm³/mol. The van der Waals surface area contributed by atoms with Crippen molar-refractivity contribution >= 4 is 5.91 Å². The van der Waals surface area contributed by atoms with E-state index in [4.69, 9.17) is 10.7 Å². The molecule has 3 saturated carbocycles. The molecule has 3 aliphatic rings. The maximum absolute atomic E-state index is 11.5. The molecule has 2 aromatic rings. The lowest BCUT2D eigenvalue weighted by molar-refractivity contribution is 0.100. The van der Waals surface area contributed by atoms with Crippen molar-refractivity contribution < 1.29 is 4.79 Å². The number of primary amides is 1. The number of carbonyl (C=O) groups is 1. The van der Waals surface area contributed by atoms with Crippen molar-refractivity contribution in [1.29, 1.82) is 0 Å². The number of hydrogen-bond acceptors (Lipinski definition) is 3. The average Bonchev–Trinajstić information content (AvgIpc) is 3.00. The van der Waals surface area contributed by atoms with Crippen molar-refractivity contribution in [3.8, 4) is 11.3 Å². The van der Waals surface area contributed by atoms with Gasteiger partial charge in [0.25, 0.3) is 0 Å². The van der Waals surface area contributed by atoms with Crippen LogP contribution in [0.5, 0.6) is 0 Å². The summed E-state index contributed by atoms with van der Waals surface area (Å²) in [6.07, 6.45) is 12.3. The molecule has 0 spiro atoms. The Morgan fingerprint density at radius 1 is 1.13 bits per heavy atom. The van der Waals surface area contributed by atoms with Crippen LogP contribution in [0.25, 0.3) is 11.3 Å². The molecule has 31 heavy (non-hydrogen) atoms. The number of fused-ring (bicyclic) bond motifs is 2. The molecule has 1 aromatic heterocycles. The third-order valence-electron chi connectivity index (χ3n) is 8.28. The minimum absolute atomic E-state index is 0.407. The van der Waals surface area contributed by atoms with Gasteiger partial charge in [-0.1, -0.05) is 24.6 Å². The zero-order valence-electron chi connectivity index (χ0n) is 18.6. The van der Waals surface area contributed by atoms with Crippen LogP contribution in [0.15, 0.2) is 36.5 Å². The summed E-state index contributed by atoms with van der Waals surface area (Å²) in [6, 6.07) is 9.61. The van der Waals surface area contributed by atoms with Crippen molar-refractivity contribution in [3.05, 3.63) is 53.2 Å². The molecule has 5 atom stereocenters. The normalized spacial score (nSPS) is 29.1. The topological polar surface area (TPSA) is 68.0 Å². The summed E-state index contributed by atoms with van der Waals surface area (Å²) in [5.41, 5.74) is 10.1. The second-order valence-electron chi connectivity index (χ2n) is 10.4. The number of carbonyl (C=O) groups excluding carboxylic acids is 1. The number of nitrogens with one attached hydrogen (secondary N) is 1. The number of amides is 1. The Morgan fingerprint density at radius 3 is 2.84 bits per heavy atom. The van der Waals surface area contributed by atoms with E-state index >= 15 is 0 Å². The van der Waals surface area contributed by atoms with Crippen LogP contribution in [0, 0.1) is 36.5 Å². The van der Waals surface area contributed by atoms with Gasteiger partial charge in [0.1, 0.15) is 0 Å². The number of nitrogens with zero attached hydrogens (tertiary/aromatic N) is 1. The Labute approximate surface area is 186 Å². The fraction of sp³-hybridized carbons (Fsp3) is 0.556. The number of benzene rings is 1. The summed E-state index contributed by atoms with van der Waals surface area (Å²) in [6.45, 7) is 4.05. The molecule has 3 aliphatic carbocycles. The number of aromatic nitrogens is 1. The molecule has 1 amide bonds. The van der Waals surface area contributed by atoms with Crippen molar-refractivity contribution in [2.45, 2.75) is 58.4 Å². The van der Waals surface area contributed by atoms with Crippen LogP contribution in [-0.4, -0.2) is 17.4 Å². The molecule has 1 aromatic carbocycles. The molecule has 0 radical (unpaired) electrons. The highest BCUT2D eigenvalue weighted by molar-refractivity contribution is 5.94. The lowest BCUT2D eigenvalue weighted by Gasteiger charge is -2.26. The number of hydrogen-bond donors (Lipinski definition) is 2. The minimum Gasteiger partial charge on any atom is -0.366 e. The Balaban J connectivity index is 1.16. The van der Waals surface area contributed by atoms with E-state index in [0.29, 0.717) is 5.56 Å². The van der Waals surface area contributed by atoms with E-state index in [1.165, 1.54) is 50.5 Å². The van der Waals surface area contributed by atoms with Gasteiger partial charge in [0.15, 0.2) is 0 Å². The lowest BCUT2D eigenvalue weighted by Crippen LogP contribution is -2.23. The van der Waals surface area contributed by atoms with E-state index in [1.807, 2.05) is 24.4 Å². The average molecular weight is 418 g/mol. The molecule has 3 bridgehead atoms. The molecule has 1 heterocycles. The van der Waals surface area contributed by atoms with Crippen LogP contribution in [0.3, 0.4) is 0 Å². The van der Waals surface area contributed by atoms with Crippen molar-refractivity contribution in [3.63, 3.8) is 0 Å². The predicted octanol–water partition coefficient (Wildman–Crippen LogP) is 5.10. The smallest absolute Gasteiger partial charge is 0.248 e. The van der Waals surface area contributed by atoms with Gasteiger partial charge in [0.2, 0.25) is 5.91 Å². The van der Waals surface area contributed by atoms with Gasteiger partial charge in [-0.05, 0) is 105 Å². The molecule has 4 heteroatoms. The molecule has 4 nitrogen and oxygen atoms in total. The van der Waals surface area contributed by atoms with E-state index < -0.39 is 5.91 Å². The molecule has 0 aliphatic heterocycles. The first-order valence-electron chi connectivity index (χ1n) is 12.1. The quantitative estimate of drug-likeness (QED) is 0.616. The first-order valence-corrected chi connectivity index (χ1v) is 12.1. The standard InChI is InChI=1S/C27H35N3O/c1-17-9-20(16-30-26(17)22-3-2-4-23(14-22)27(28)31)15-29-8-7-21-6-5-18-10-19-12-24(11-18)25(21)13-19/h2-4,9,14,16,18-19,21,24-25,29H,5-8,10-13,15H2,1H3,(H2,28,31). The zero-order chi connectivity index (χ0) is 21.4. The summed E-state index contributed by atoms with van der Waals surface area (Å²) in [4.78, 5) is 16.2. The largest absolute Gasteiger partial charge is 0.366 e. The van der Waals surface area contributed by atoms with Gasteiger partial charge in [0.05, 0.1) is 5.69 Å². The number of rotatable bonds is 7. The fourth-order valence-corrected chi connectivity index (χ4v) is 6.94. The Kier molecular flexibility index (Phi) is 5.83. The second-order valence-corrected chi connectivity index (χ2v) is 10.4. The third kappa shape index (κ3) is 4.41. The number of pyridine rings is 1. The number of nitrogens with two attached hydrogens (primary N) is 1. The highest BCUT2D eigenvalue weighted by Gasteiger charge is 2.45. The van der Waals surface area contributed by atoms with Crippen LogP contribution in [0.2, 0.25) is 0 Å². The molecule has 5 rings (SSSR count). The molecule has 0 saturated heterocycles. The maximum atomic E-state index is 11.5. The molecular weight excluding hydrogens is 382 g/mol. The van der Waals surface area contributed by atoms with Gasteiger partial charge in [-0.2, -0.15) is 0 Å². The van der Waals surface area contributed by atoms with E-state index in [1.54, 1.807) is 6.07 Å². The minimum atomic E-state index is -0.407. The summed E-state index contributed by atoms with van der Waals surface area (Å²) in [5, 5.41) is 3.68. The fourth-order valence-electron chi connectivity index (χ4n) is 6.94. The van der Waals surface area contributed by atoms with E-state index in [-0.39, 0.29) is 0 Å². The highest BCUT2D eigenvalue weighted by Crippen LogP contribution is 2.55. The van der Waals surface area contributed by atoms with Crippen molar-refractivity contribution in [1.82, 2.24) is 10.3 Å². The zero-order valence-corrected chi connectivity index (χ0v) is 18.6. The third-order valence-corrected chi connectivity index (χ3v) is 8.28. The maximum Gasteiger partial charge on any atom is 0.248 e. The molecule has 5 unspecified atom stereocenters.